The van der Waals surface area contributed by atoms with Crippen LogP contribution in [0.4, 0.5) is 10.5 Å². The molecule has 0 spiro atoms. The Bertz CT molecular complexity index is 481. The van der Waals surface area contributed by atoms with Crippen LogP contribution in [0, 0.1) is 6.92 Å². The SMILES string of the molecule is C=CCc1cc(NC(=O)OC(C)C)cc(C)c1OCC. The molecule has 0 aliphatic heterocycles. The van der Waals surface area contributed by atoms with Gasteiger partial charge in [-0.15, -0.1) is 6.58 Å². The lowest BCUT2D eigenvalue weighted by Crippen LogP contribution is -2.18. The first-order valence-corrected chi connectivity index (χ1v) is 6.82. The van der Waals surface area contributed by atoms with E-state index in [4.69, 9.17) is 9.47 Å². The molecule has 1 rings (SSSR count). The lowest BCUT2D eigenvalue weighted by atomic mass is 10.1. The third kappa shape index (κ3) is 4.61. The lowest BCUT2D eigenvalue weighted by Gasteiger charge is -2.15. The molecular formula is C16H23NO3. The fraction of sp³-hybridized carbons (Fsp3) is 0.438. The molecule has 1 amide bonds. The fourth-order valence-corrected chi connectivity index (χ4v) is 1.94. The summed E-state index contributed by atoms with van der Waals surface area (Å²) in [5.41, 5.74) is 2.68. The van der Waals surface area contributed by atoms with E-state index in [2.05, 4.69) is 11.9 Å². The van der Waals surface area contributed by atoms with Crippen molar-refractivity contribution in [3.05, 3.63) is 35.9 Å². The van der Waals surface area contributed by atoms with E-state index in [9.17, 15) is 4.79 Å². The van der Waals surface area contributed by atoms with Crippen LogP contribution in [-0.2, 0) is 11.2 Å². The van der Waals surface area contributed by atoms with Crippen molar-refractivity contribution >= 4 is 11.8 Å². The summed E-state index contributed by atoms with van der Waals surface area (Å²) in [6.45, 7) is 11.9. The Labute approximate surface area is 120 Å². The number of rotatable bonds is 6. The largest absolute Gasteiger partial charge is 0.493 e. The molecule has 0 unspecified atom stereocenters. The zero-order chi connectivity index (χ0) is 15.1. The molecule has 0 aromatic heterocycles. The number of ether oxygens (including phenoxy) is 2. The van der Waals surface area contributed by atoms with Crippen molar-refractivity contribution in [3.63, 3.8) is 0 Å². The molecule has 0 saturated carbocycles. The Morgan fingerprint density at radius 3 is 2.70 bits per heavy atom. The zero-order valence-electron chi connectivity index (χ0n) is 12.7. The topological polar surface area (TPSA) is 47.6 Å². The number of hydrogen-bond acceptors (Lipinski definition) is 3. The number of aryl methyl sites for hydroxylation is 1. The maximum Gasteiger partial charge on any atom is 0.411 e. The van der Waals surface area contributed by atoms with Gasteiger partial charge in [0.25, 0.3) is 0 Å². The number of benzene rings is 1. The number of hydrogen-bond donors (Lipinski definition) is 1. The molecule has 110 valence electrons. The van der Waals surface area contributed by atoms with Gasteiger partial charge in [0, 0.05) is 11.3 Å². The number of nitrogens with one attached hydrogen (secondary N) is 1. The summed E-state index contributed by atoms with van der Waals surface area (Å²) in [5.74, 6) is 0.857. The monoisotopic (exact) mass is 277 g/mol. The molecule has 0 heterocycles. The summed E-state index contributed by atoms with van der Waals surface area (Å²) >= 11 is 0. The minimum Gasteiger partial charge on any atom is -0.493 e. The highest BCUT2D eigenvalue weighted by Gasteiger charge is 2.11. The number of carbonyl (C=O) groups is 1. The summed E-state index contributed by atoms with van der Waals surface area (Å²) < 4.78 is 10.7. The molecule has 1 aromatic rings. The maximum atomic E-state index is 11.6. The van der Waals surface area contributed by atoms with E-state index in [0.29, 0.717) is 18.7 Å². The van der Waals surface area contributed by atoms with E-state index in [1.165, 1.54) is 0 Å². The van der Waals surface area contributed by atoms with E-state index < -0.39 is 6.09 Å². The molecule has 1 aromatic carbocycles. The van der Waals surface area contributed by atoms with E-state index in [1.807, 2.05) is 45.9 Å². The smallest absolute Gasteiger partial charge is 0.411 e. The second kappa shape index (κ2) is 7.58. The molecule has 0 radical (unpaired) electrons. The molecule has 20 heavy (non-hydrogen) atoms. The molecule has 0 atom stereocenters. The summed E-state index contributed by atoms with van der Waals surface area (Å²) in [5, 5.41) is 2.73. The number of amides is 1. The Hall–Kier alpha value is -1.97. The van der Waals surface area contributed by atoms with Gasteiger partial charge in [0.2, 0.25) is 0 Å². The molecule has 0 saturated heterocycles. The Kier molecular flexibility index (Phi) is 6.10. The molecule has 1 N–H and O–H groups in total. The summed E-state index contributed by atoms with van der Waals surface area (Å²) in [7, 11) is 0. The van der Waals surface area contributed by atoms with Crippen molar-refractivity contribution in [2.45, 2.75) is 40.2 Å². The standard InChI is InChI=1S/C16H23NO3/c1-6-8-13-10-14(17-16(18)20-11(3)4)9-12(5)15(13)19-7-2/h6,9-11H,1,7-8H2,2-5H3,(H,17,18). The molecule has 4 nitrogen and oxygen atoms in total. The second-order valence-corrected chi connectivity index (χ2v) is 4.79. The van der Waals surface area contributed by atoms with Gasteiger partial charge < -0.3 is 9.47 Å². The van der Waals surface area contributed by atoms with Crippen LogP contribution >= 0.6 is 0 Å². The average molecular weight is 277 g/mol. The first-order chi connectivity index (χ1) is 9.47. The molecule has 0 aliphatic carbocycles. The quantitative estimate of drug-likeness (QED) is 0.797. The van der Waals surface area contributed by atoms with Gasteiger partial charge in [-0.05, 0) is 51.8 Å². The molecule has 0 fully saturated rings. The first-order valence-electron chi connectivity index (χ1n) is 6.82. The maximum absolute atomic E-state index is 11.6. The van der Waals surface area contributed by atoms with Crippen LogP contribution in [0.5, 0.6) is 5.75 Å². The van der Waals surface area contributed by atoms with Gasteiger partial charge in [0.05, 0.1) is 12.7 Å². The van der Waals surface area contributed by atoms with E-state index >= 15 is 0 Å². The number of carbonyl (C=O) groups excluding carboxylic acids is 1. The minimum atomic E-state index is -0.451. The van der Waals surface area contributed by atoms with Crippen LogP contribution in [0.3, 0.4) is 0 Å². The van der Waals surface area contributed by atoms with Crippen LogP contribution in [-0.4, -0.2) is 18.8 Å². The van der Waals surface area contributed by atoms with Crippen molar-refractivity contribution in [2.24, 2.45) is 0 Å². The molecule has 0 aliphatic rings. The Balaban J connectivity index is 2.98. The van der Waals surface area contributed by atoms with Gasteiger partial charge in [-0.25, -0.2) is 4.79 Å². The Morgan fingerprint density at radius 1 is 1.45 bits per heavy atom. The predicted octanol–water partition coefficient (Wildman–Crippen LogP) is 4.08. The summed E-state index contributed by atoms with van der Waals surface area (Å²) in [6, 6.07) is 3.76. The van der Waals surface area contributed by atoms with Crippen molar-refractivity contribution in [3.8, 4) is 5.75 Å². The highest BCUT2D eigenvalue weighted by molar-refractivity contribution is 5.85. The number of allylic oxidation sites excluding steroid dienone is 1. The van der Waals surface area contributed by atoms with Crippen molar-refractivity contribution < 1.29 is 14.3 Å². The lowest BCUT2D eigenvalue weighted by molar-refractivity contribution is 0.130. The second-order valence-electron chi connectivity index (χ2n) is 4.79. The van der Waals surface area contributed by atoms with Crippen molar-refractivity contribution in [2.75, 3.05) is 11.9 Å². The van der Waals surface area contributed by atoms with E-state index in [1.54, 1.807) is 0 Å². The van der Waals surface area contributed by atoms with Gasteiger partial charge in [0.15, 0.2) is 0 Å². The van der Waals surface area contributed by atoms with Gasteiger partial charge in [-0.2, -0.15) is 0 Å². The highest BCUT2D eigenvalue weighted by atomic mass is 16.6. The van der Waals surface area contributed by atoms with Crippen LogP contribution < -0.4 is 10.1 Å². The van der Waals surface area contributed by atoms with Crippen LogP contribution in [0.1, 0.15) is 31.9 Å². The average Bonchev–Trinajstić information content (AvgIpc) is 2.32. The number of anilines is 1. The zero-order valence-corrected chi connectivity index (χ0v) is 12.7. The normalized spacial score (nSPS) is 10.2. The van der Waals surface area contributed by atoms with Gasteiger partial charge >= 0.3 is 6.09 Å². The van der Waals surface area contributed by atoms with E-state index in [-0.39, 0.29) is 6.10 Å². The minimum absolute atomic E-state index is 0.147. The van der Waals surface area contributed by atoms with Gasteiger partial charge in [0.1, 0.15) is 5.75 Å². The molecular weight excluding hydrogens is 254 g/mol. The first kappa shape index (κ1) is 16.1. The fourth-order valence-electron chi connectivity index (χ4n) is 1.94. The van der Waals surface area contributed by atoms with Crippen LogP contribution in [0.15, 0.2) is 24.8 Å². The van der Waals surface area contributed by atoms with E-state index in [0.717, 1.165) is 16.9 Å². The van der Waals surface area contributed by atoms with Crippen LogP contribution in [0.25, 0.3) is 0 Å². The summed E-state index contributed by atoms with van der Waals surface area (Å²) in [4.78, 5) is 11.6. The predicted molar refractivity (Wildman–Crippen MR) is 81.5 cm³/mol. The van der Waals surface area contributed by atoms with Gasteiger partial charge in [-0.1, -0.05) is 6.08 Å². The third-order valence-corrected chi connectivity index (χ3v) is 2.59. The molecule has 0 bridgehead atoms. The van der Waals surface area contributed by atoms with Crippen molar-refractivity contribution in [1.82, 2.24) is 0 Å². The van der Waals surface area contributed by atoms with Crippen LogP contribution in [0.2, 0.25) is 0 Å². The molecule has 4 heteroatoms. The van der Waals surface area contributed by atoms with Gasteiger partial charge in [-0.3, -0.25) is 5.32 Å². The third-order valence-electron chi connectivity index (χ3n) is 2.59. The van der Waals surface area contributed by atoms with Crippen molar-refractivity contribution in [1.29, 1.82) is 0 Å². The Morgan fingerprint density at radius 2 is 2.15 bits per heavy atom. The highest BCUT2D eigenvalue weighted by Crippen LogP contribution is 2.28. The summed E-state index contributed by atoms with van der Waals surface area (Å²) in [6.07, 6.45) is 1.90.